The largest absolute Gasteiger partial charge is 0.298 e. The first kappa shape index (κ1) is 10.6. The molecule has 0 unspecified atom stereocenters. The van der Waals surface area contributed by atoms with Crippen LogP contribution in [-0.2, 0) is 0 Å². The van der Waals surface area contributed by atoms with Gasteiger partial charge in [0.15, 0.2) is 0 Å². The summed E-state index contributed by atoms with van der Waals surface area (Å²) in [5.41, 5.74) is 1.41. The van der Waals surface area contributed by atoms with Crippen LogP contribution in [0.3, 0.4) is 0 Å². The van der Waals surface area contributed by atoms with Gasteiger partial charge in [0.2, 0.25) is 3.57 Å². The molecule has 0 saturated carbocycles. The number of hydrogen-bond donors (Lipinski definition) is 0. The van der Waals surface area contributed by atoms with Gasteiger partial charge in [0, 0.05) is 20.7 Å². The fourth-order valence-corrected chi connectivity index (χ4v) is 5.01. The van der Waals surface area contributed by atoms with Gasteiger partial charge in [-0.2, -0.15) is 0 Å². The smallest absolute Gasteiger partial charge is 0.139 e. The Balaban J connectivity index is 2.54. The monoisotopic (exact) mass is 335 g/mol. The van der Waals surface area contributed by atoms with Crippen LogP contribution in [0, 0.1) is 24.3 Å². The van der Waals surface area contributed by atoms with E-state index in [1.54, 1.807) is 0 Å². The number of rotatable bonds is 1. The van der Waals surface area contributed by atoms with Crippen molar-refractivity contribution in [3.63, 3.8) is 0 Å². The number of hydrogen-bond acceptors (Lipinski definition) is 2. The van der Waals surface area contributed by atoms with Crippen molar-refractivity contribution in [2.24, 2.45) is 0 Å². The van der Waals surface area contributed by atoms with Crippen LogP contribution in [-0.4, -0.2) is 0 Å². The van der Waals surface area contributed by atoms with Gasteiger partial charge in [-0.05, 0) is 32.4 Å². The van der Waals surface area contributed by atoms with E-state index in [0.717, 1.165) is 0 Å². The molecule has 0 spiro atoms. The Labute approximate surface area is 106 Å². The summed E-state index contributed by atoms with van der Waals surface area (Å²) < 4.78 is 1.42. The van der Waals surface area contributed by atoms with Crippen LogP contribution in [0.4, 0.5) is 0 Å². The highest BCUT2D eigenvalue weighted by Crippen LogP contribution is 2.34. The standard InChI is InChI=1S/C11H12IS2/c1-6-4-10(14-8(6)3)11-9(12)5-7(2)13-11/h4-5,12H,1-3H3/q+1. The van der Waals surface area contributed by atoms with Crippen LogP contribution < -0.4 is 22.6 Å². The predicted octanol–water partition coefficient (Wildman–Crippen LogP) is 0.857. The van der Waals surface area contributed by atoms with Crippen LogP contribution in [0.15, 0.2) is 12.1 Å². The van der Waals surface area contributed by atoms with Crippen molar-refractivity contribution >= 4 is 22.7 Å². The van der Waals surface area contributed by atoms with Gasteiger partial charge in [-0.15, -0.1) is 22.7 Å². The van der Waals surface area contributed by atoms with Gasteiger partial charge in [0.05, 0.1) is 4.88 Å². The molecule has 0 atom stereocenters. The molecule has 0 saturated heterocycles. The lowest BCUT2D eigenvalue weighted by Crippen LogP contribution is -3.34. The van der Waals surface area contributed by atoms with E-state index in [-0.39, 0.29) is 0 Å². The molecule has 0 aromatic carbocycles. The predicted molar refractivity (Wildman–Crippen MR) is 61.9 cm³/mol. The second-order valence-corrected chi connectivity index (χ2v) is 7.17. The number of thiophene rings is 2. The summed E-state index contributed by atoms with van der Waals surface area (Å²) in [6.07, 6.45) is 0. The van der Waals surface area contributed by atoms with Crippen LogP contribution in [0.1, 0.15) is 15.3 Å². The highest BCUT2D eigenvalue weighted by Gasteiger charge is 2.15. The van der Waals surface area contributed by atoms with Crippen LogP contribution >= 0.6 is 22.7 Å². The Kier molecular flexibility index (Phi) is 3.00. The summed E-state index contributed by atoms with van der Waals surface area (Å²) in [7, 11) is 0. The molecule has 74 valence electrons. The van der Waals surface area contributed by atoms with Gasteiger partial charge in [-0.3, -0.25) is 0 Å². The Morgan fingerprint density at radius 2 is 1.79 bits per heavy atom. The summed E-state index contributed by atoms with van der Waals surface area (Å²) in [5, 5.41) is 0. The summed E-state index contributed by atoms with van der Waals surface area (Å²) in [4.78, 5) is 5.72. The molecule has 0 radical (unpaired) electrons. The first-order chi connectivity index (χ1) is 6.58. The minimum absolute atomic E-state index is 1.41. The van der Waals surface area contributed by atoms with Crippen molar-refractivity contribution < 1.29 is 22.6 Å². The van der Waals surface area contributed by atoms with Gasteiger partial charge in [0.25, 0.3) is 22.6 Å². The molecule has 0 aliphatic rings. The van der Waals surface area contributed by atoms with E-state index in [9.17, 15) is 0 Å². The molecule has 2 aromatic rings. The maximum atomic E-state index is 2.31. The average molecular weight is 335 g/mol. The molecule has 3 heteroatoms. The van der Waals surface area contributed by atoms with E-state index in [1.165, 1.54) is 28.6 Å². The molecule has 0 amide bonds. The van der Waals surface area contributed by atoms with E-state index in [0.29, 0.717) is 0 Å². The fraction of sp³-hybridized carbons (Fsp3) is 0.273. The third-order valence-corrected chi connectivity index (χ3v) is 5.92. The van der Waals surface area contributed by atoms with Crippen molar-refractivity contribution in [1.29, 1.82) is 0 Å². The zero-order chi connectivity index (χ0) is 10.3. The van der Waals surface area contributed by atoms with E-state index < -0.39 is 0 Å². The molecule has 0 bridgehead atoms. The van der Waals surface area contributed by atoms with Crippen molar-refractivity contribution in [1.82, 2.24) is 0 Å². The average Bonchev–Trinajstić information content (AvgIpc) is 2.57. The van der Waals surface area contributed by atoms with Crippen molar-refractivity contribution in [3.05, 3.63) is 31.0 Å². The first-order valence-corrected chi connectivity index (χ1v) is 7.22. The van der Waals surface area contributed by atoms with Crippen LogP contribution in [0.25, 0.3) is 9.75 Å². The molecule has 0 nitrogen and oxygen atoms in total. The molecule has 2 aromatic heterocycles. The fourth-order valence-electron chi connectivity index (χ4n) is 1.35. The maximum absolute atomic E-state index is 2.31. The molecule has 14 heavy (non-hydrogen) atoms. The summed E-state index contributed by atoms with van der Waals surface area (Å²) in [6, 6.07) is 4.58. The topological polar surface area (TPSA) is 0 Å². The molecule has 2 heterocycles. The molecule has 0 N–H and O–H groups in total. The van der Waals surface area contributed by atoms with Crippen molar-refractivity contribution in [3.8, 4) is 9.75 Å². The maximum Gasteiger partial charge on any atom is 0.298 e. The minimum atomic E-state index is 1.41. The molecule has 0 aliphatic carbocycles. The van der Waals surface area contributed by atoms with Gasteiger partial charge < -0.3 is 0 Å². The normalized spacial score (nSPS) is 10.9. The Morgan fingerprint density at radius 1 is 1.07 bits per heavy atom. The first-order valence-electron chi connectivity index (χ1n) is 4.43. The quantitative estimate of drug-likeness (QED) is 0.678. The summed E-state index contributed by atoms with van der Waals surface area (Å²) in [5.74, 6) is 0. The highest BCUT2D eigenvalue weighted by molar-refractivity contribution is 7.22. The molecule has 0 fully saturated rings. The SMILES string of the molecule is Cc1cc([IH+])c(-c2cc(C)c(C)s2)s1. The summed E-state index contributed by atoms with van der Waals surface area (Å²) >= 11 is 5.93. The minimum Gasteiger partial charge on any atom is -0.139 e. The third kappa shape index (κ3) is 1.90. The Bertz CT molecular complexity index is 446. The molecular weight excluding hydrogens is 323 g/mol. The van der Waals surface area contributed by atoms with E-state index in [4.69, 9.17) is 0 Å². The zero-order valence-corrected chi connectivity index (χ0v) is 12.3. The van der Waals surface area contributed by atoms with Crippen LogP contribution in [0.2, 0.25) is 0 Å². The Morgan fingerprint density at radius 3 is 2.21 bits per heavy atom. The van der Waals surface area contributed by atoms with Crippen molar-refractivity contribution in [2.75, 3.05) is 0 Å². The van der Waals surface area contributed by atoms with Gasteiger partial charge >= 0.3 is 0 Å². The second kappa shape index (κ2) is 3.94. The van der Waals surface area contributed by atoms with Gasteiger partial charge in [-0.1, -0.05) is 0 Å². The zero-order valence-electron chi connectivity index (χ0n) is 8.38. The number of halogens is 1. The lowest BCUT2D eigenvalue weighted by molar-refractivity contribution is -0.326. The van der Waals surface area contributed by atoms with Gasteiger partial charge in [0.1, 0.15) is 0 Å². The third-order valence-electron chi connectivity index (χ3n) is 2.21. The lowest BCUT2D eigenvalue weighted by Gasteiger charge is -1.86. The van der Waals surface area contributed by atoms with Gasteiger partial charge in [-0.25, -0.2) is 0 Å². The van der Waals surface area contributed by atoms with E-state index in [2.05, 4.69) is 55.5 Å². The molecule has 0 aliphatic heterocycles. The van der Waals surface area contributed by atoms with E-state index in [1.807, 2.05) is 22.7 Å². The van der Waals surface area contributed by atoms with Crippen molar-refractivity contribution in [2.45, 2.75) is 20.8 Å². The molecule has 2 rings (SSSR count). The summed E-state index contributed by atoms with van der Waals surface area (Å²) in [6.45, 7) is 6.56. The Hall–Kier alpha value is 0.130. The van der Waals surface area contributed by atoms with E-state index >= 15 is 0 Å². The second-order valence-electron chi connectivity index (χ2n) is 3.40. The highest BCUT2D eigenvalue weighted by atomic mass is 127. The van der Waals surface area contributed by atoms with Crippen LogP contribution in [0.5, 0.6) is 0 Å². The number of aryl methyl sites for hydroxylation is 3. The molecular formula is C11H12IS2+. The lowest BCUT2D eigenvalue weighted by atomic mass is 10.2.